The summed E-state index contributed by atoms with van der Waals surface area (Å²) in [5.41, 5.74) is 9.89. The molecule has 0 N–H and O–H groups in total. The summed E-state index contributed by atoms with van der Waals surface area (Å²) >= 11 is 0. The van der Waals surface area contributed by atoms with E-state index in [2.05, 4.69) is 103 Å². The summed E-state index contributed by atoms with van der Waals surface area (Å²) in [6, 6.07) is 36.2. The van der Waals surface area contributed by atoms with Crippen molar-refractivity contribution in [2.75, 3.05) is 0 Å². The molecule has 5 aromatic carbocycles. The second kappa shape index (κ2) is 8.32. The molecule has 11 rings (SSSR count). The highest BCUT2D eigenvalue weighted by atomic mass is 16.5. The normalized spacial score (nSPS) is 18.5. The number of benzene rings is 5. The molecule has 8 aromatic rings. The number of furan rings is 1. The summed E-state index contributed by atoms with van der Waals surface area (Å²) in [6.45, 7) is 4.78. The quantitative estimate of drug-likeness (QED) is 0.190. The molecule has 0 spiro atoms. The van der Waals surface area contributed by atoms with E-state index < -0.39 is 0 Å². The molecule has 5 nitrogen and oxygen atoms in total. The monoisotopic (exact) mass is 593 g/mol. The Hall–Kier alpha value is -5.68. The molecule has 0 saturated heterocycles. The predicted octanol–water partition coefficient (Wildman–Crippen LogP) is 10.3. The van der Waals surface area contributed by atoms with E-state index in [1.54, 1.807) is 0 Å². The van der Waals surface area contributed by atoms with Crippen LogP contribution in [0.5, 0.6) is 11.5 Å². The smallest absolute Gasteiger partial charge is 0.235 e. The Morgan fingerprint density at radius 2 is 1.54 bits per heavy atom. The van der Waals surface area contributed by atoms with Gasteiger partial charge < -0.3 is 9.15 Å². The number of nitrogens with zero attached hydrogens (tertiary/aromatic N) is 3. The molecule has 0 radical (unpaired) electrons. The third kappa shape index (κ3) is 2.96. The molecular formula is C41H27N3O2. The fraction of sp³-hybridized carbons (Fsp3) is 0.122. The van der Waals surface area contributed by atoms with Crippen LogP contribution < -0.4 is 4.74 Å². The SMILES string of the molecule is CC1(C)c2cc3c(cc2C2c4c(oc5ccccc45)C=CC21)c1ccccc1n3-c1nc2c3c(cccc3n1)Oc1ccccc1-2. The Bertz CT molecular complexity index is 2670. The average Bonchev–Trinajstić information content (AvgIpc) is 3.69. The van der Waals surface area contributed by atoms with Crippen LogP contribution in [0, 0.1) is 5.92 Å². The fourth-order valence-corrected chi connectivity index (χ4v) is 8.65. The molecule has 46 heavy (non-hydrogen) atoms. The minimum atomic E-state index is -0.0938. The van der Waals surface area contributed by atoms with E-state index >= 15 is 0 Å². The number of aromatic nitrogens is 3. The lowest BCUT2D eigenvalue weighted by molar-refractivity contribution is 0.388. The van der Waals surface area contributed by atoms with Crippen LogP contribution in [0.2, 0.25) is 0 Å². The van der Waals surface area contributed by atoms with Crippen LogP contribution in [0.3, 0.4) is 0 Å². The molecular weight excluding hydrogens is 566 g/mol. The van der Waals surface area contributed by atoms with Crippen molar-refractivity contribution in [3.8, 4) is 28.7 Å². The standard InChI is InChI=1S/C41H27N3O2/c1-41(2)27-18-19-35-37(23-11-4-7-15-32(23)45-35)36(27)26-20-25-22-10-3-6-14-30(22)44(31(25)21-28(26)41)40-42-29-13-9-17-34-38(29)39(43-40)24-12-5-8-16-33(24)46-34/h3-21,27,36H,1-2H3. The summed E-state index contributed by atoms with van der Waals surface area (Å²) in [5, 5.41) is 4.57. The van der Waals surface area contributed by atoms with Gasteiger partial charge in [0.1, 0.15) is 22.8 Å². The van der Waals surface area contributed by atoms with Gasteiger partial charge in [-0.15, -0.1) is 0 Å². The first-order chi connectivity index (χ1) is 22.6. The Morgan fingerprint density at radius 1 is 0.739 bits per heavy atom. The van der Waals surface area contributed by atoms with Crippen LogP contribution in [0.15, 0.2) is 114 Å². The third-order valence-electron chi connectivity index (χ3n) is 10.7. The van der Waals surface area contributed by atoms with Gasteiger partial charge in [-0.25, -0.2) is 9.97 Å². The van der Waals surface area contributed by atoms with Crippen LogP contribution >= 0.6 is 0 Å². The van der Waals surface area contributed by atoms with Gasteiger partial charge in [0.25, 0.3) is 0 Å². The maximum atomic E-state index is 6.38. The minimum absolute atomic E-state index is 0.0938. The average molecular weight is 594 g/mol. The fourth-order valence-electron chi connectivity index (χ4n) is 8.65. The van der Waals surface area contributed by atoms with Gasteiger partial charge in [0.15, 0.2) is 0 Å². The number of fused-ring (bicyclic) bond motifs is 12. The van der Waals surface area contributed by atoms with Gasteiger partial charge in [-0.05, 0) is 77.1 Å². The Balaban J connectivity index is 1.22. The summed E-state index contributed by atoms with van der Waals surface area (Å²) < 4.78 is 14.9. The molecule has 1 aliphatic heterocycles. The molecule has 2 unspecified atom stereocenters. The zero-order chi connectivity index (χ0) is 30.3. The predicted molar refractivity (Wildman–Crippen MR) is 183 cm³/mol. The summed E-state index contributed by atoms with van der Waals surface area (Å²) in [4.78, 5) is 10.5. The molecule has 0 fully saturated rings. The van der Waals surface area contributed by atoms with Gasteiger partial charge in [0.05, 0.1) is 27.6 Å². The van der Waals surface area contributed by atoms with Gasteiger partial charge in [0, 0.05) is 33.2 Å². The second-order valence-electron chi connectivity index (χ2n) is 13.4. The van der Waals surface area contributed by atoms with Crippen LogP contribution in [0.1, 0.15) is 42.2 Å². The van der Waals surface area contributed by atoms with Crippen molar-refractivity contribution in [1.82, 2.24) is 14.5 Å². The number of ether oxygens (including phenoxy) is 1. The zero-order valence-electron chi connectivity index (χ0n) is 25.3. The van der Waals surface area contributed by atoms with Crippen LogP contribution in [-0.4, -0.2) is 14.5 Å². The molecule has 2 atom stereocenters. The van der Waals surface area contributed by atoms with Crippen molar-refractivity contribution in [3.63, 3.8) is 0 Å². The minimum Gasteiger partial charge on any atom is -0.456 e. The first kappa shape index (κ1) is 24.6. The number of rotatable bonds is 1. The van der Waals surface area contributed by atoms with Crippen molar-refractivity contribution in [1.29, 1.82) is 0 Å². The number of hydrogen-bond donors (Lipinski definition) is 0. The molecule has 0 amide bonds. The third-order valence-corrected chi connectivity index (χ3v) is 10.7. The highest BCUT2D eigenvalue weighted by Gasteiger charge is 2.49. The second-order valence-corrected chi connectivity index (χ2v) is 13.4. The van der Waals surface area contributed by atoms with E-state index in [0.717, 1.165) is 56.0 Å². The first-order valence-corrected chi connectivity index (χ1v) is 15.9. The van der Waals surface area contributed by atoms with Gasteiger partial charge in [-0.2, -0.15) is 0 Å². The largest absolute Gasteiger partial charge is 0.456 e. The van der Waals surface area contributed by atoms with E-state index in [4.69, 9.17) is 19.1 Å². The van der Waals surface area contributed by atoms with Crippen molar-refractivity contribution in [3.05, 3.63) is 132 Å². The zero-order valence-corrected chi connectivity index (χ0v) is 25.3. The molecule has 4 heterocycles. The van der Waals surface area contributed by atoms with Crippen LogP contribution in [-0.2, 0) is 5.41 Å². The van der Waals surface area contributed by atoms with Crippen molar-refractivity contribution >= 4 is 49.8 Å². The topological polar surface area (TPSA) is 53.1 Å². The summed E-state index contributed by atoms with van der Waals surface area (Å²) in [6.07, 6.45) is 4.57. The van der Waals surface area contributed by atoms with E-state index in [9.17, 15) is 0 Å². The number of allylic oxidation sites excluding steroid dienone is 1. The highest BCUT2D eigenvalue weighted by Crippen LogP contribution is 2.59. The maximum Gasteiger partial charge on any atom is 0.235 e. The molecule has 0 bridgehead atoms. The molecule has 3 aromatic heterocycles. The molecule has 218 valence electrons. The van der Waals surface area contributed by atoms with Gasteiger partial charge in [0.2, 0.25) is 5.95 Å². The van der Waals surface area contributed by atoms with E-state index in [1.165, 1.54) is 32.8 Å². The number of hydrogen-bond acceptors (Lipinski definition) is 4. The Labute approximate surface area is 264 Å². The van der Waals surface area contributed by atoms with E-state index in [-0.39, 0.29) is 11.3 Å². The van der Waals surface area contributed by atoms with Crippen LogP contribution in [0.4, 0.5) is 0 Å². The molecule has 5 heteroatoms. The van der Waals surface area contributed by atoms with Crippen molar-refractivity contribution < 1.29 is 9.15 Å². The maximum absolute atomic E-state index is 6.38. The van der Waals surface area contributed by atoms with Crippen LogP contribution in [0.25, 0.3) is 67.0 Å². The first-order valence-electron chi connectivity index (χ1n) is 15.9. The lowest BCUT2D eigenvalue weighted by Crippen LogP contribution is -2.26. The lowest BCUT2D eigenvalue weighted by atomic mass is 9.72. The molecule has 2 aliphatic carbocycles. The van der Waals surface area contributed by atoms with E-state index in [1.807, 2.05) is 30.3 Å². The van der Waals surface area contributed by atoms with Gasteiger partial charge in [-0.1, -0.05) is 74.5 Å². The van der Waals surface area contributed by atoms with Gasteiger partial charge >= 0.3 is 0 Å². The number of para-hydroxylation sites is 3. The molecule has 0 saturated carbocycles. The summed E-state index contributed by atoms with van der Waals surface area (Å²) in [7, 11) is 0. The van der Waals surface area contributed by atoms with Crippen molar-refractivity contribution in [2.24, 2.45) is 5.92 Å². The van der Waals surface area contributed by atoms with Crippen molar-refractivity contribution in [2.45, 2.75) is 25.2 Å². The highest BCUT2D eigenvalue weighted by molar-refractivity contribution is 6.10. The van der Waals surface area contributed by atoms with Gasteiger partial charge in [-0.3, -0.25) is 4.57 Å². The Kier molecular flexibility index (Phi) is 4.45. The van der Waals surface area contributed by atoms with E-state index in [0.29, 0.717) is 11.9 Å². The molecule has 3 aliphatic rings. The Morgan fingerprint density at radius 3 is 2.48 bits per heavy atom. The summed E-state index contributed by atoms with van der Waals surface area (Å²) in [5.74, 6) is 3.79. The lowest BCUT2D eigenvalue weighted by Gasteiger charge is -2.31.